The minimum atomic E-state index is -0.498. The van der Waals surface area contributed by atoms with Crippen molar-refractivity contribution in [1.82, 2.24) is 20.0 Å². The van der Waals surface area contributed by atoms with E-state index in [0.717, 1.165) is 11.1 Å². The fraction of sp³-hybridized carbons (Fsp3) is 0.353. The Bertz CT molecular complexity index is 757. The van der Waals surface area contributed by atoms with Gasteiger partial charge in [-0.3, -0.25) is 14.3 Å². The molecule has 25 heavy (non-hydrogen) atoms. The standard InChI is InChI=1S/C17H23N5O2.ClH/c1-11-8-13(6-7-14(11)17(24)21(3)4)20-16(23)15(18-2)12-9-19-22(5)10-12;/h6-10,15,18H,1-5H3,(H,20,23);1H. The number of hydrogen-bond acceptors (Lipinski definition) is 4. The Hall–Kier alpha value is -2.38. The van der Waals surface area contributed by atoms with Gasteiger partial charge in [-0.15, -0.1) is 12.4 Å². The molecule has 1 unspecified atom stereocenters. The average molecular weight is 366 g/mol. The minimum absolute atomic E-state index is 0. The Morgan fingerprint density at radius 1 is 1.28 bits per heavy atom. The number of hydrogen-bond donors (Lipinski definition) is 2. The molecule has 0 aliphatic carbocycles. The summed E-state index contributed by atoms with van der Waals surface area (Å²) in [4.78, 5) is 26.1. The average Bonchev–Trinajstić information content (AvgIpc) is 2.93. The molecule has 136 valence electrons. The second-order valence-corrected chi connectivity index (χ2v) is 5.89. The summed E-state index contributed by atoms with van der Waals surface area (Å²) >= 11 is 0. The molecule has 2 aromatic rings. The molecule has 1 aromatic carbocycles. The number of aromatic nitrogens is 2. The van der Waals surface area contributed by atoms with Crippen LogP contribution >= 0.6 is 12.4 Å². The summed E-state index contributed by atoms with van der Waals surface area (Å²) in [5.74, 6) is -0.245. The van der Waals surface area contributed by atoms with Crippen LogP contribution in [0.15, 0.2) is 30.6 Å². The number of aryl methyl sites for hydroxylation is 2. The van der Waals surface area contributed by atoms with Gasteiger partial charge < -0.3 is 15.5 Å². The molecule has 1 aromatic heterocycles. The van der Waals surface area contributed by atoms with E-state index >= 15 is 0 Å². The molecule has 2 N–H and O–H groups in total. The number of carbonyl (C=O) groups is 2. The van der Waals surface area contributed by atoms with Gasteiger partial charge in [-0.25, -0.2) is 0 Å². The molecule has 8 heteroatoms. The topological polar surface area (TPSA) is 79.3 Å². The highest BCUT2D eigenvalue weighted by Crippen LogP contribution is 2.19. The summed E-state index contributed by atoms with van der Waals surface area (Å²) in [5, 5.41) is 9.95. The highest BCUT2D eigenvalue weighted by molar-refractivity contribution is 5.98. The minimum Gasteiger partial charge on any atom is -0.345 e. The largest absolute Gasteiger partial charge is 0.345 e. The van der Waals surface area contributed by atoms with Crippen LogP contribution in [0, 0.1) is 6.92 Å². The van der Waals surface area contributed by atoms with Crippen LogP contribution in [-0.2, 0) is 11.8 Å². The predicted octanol–water partition coefficient (Wildman–Crippen LogP) is 1.75. The van der Waals surface area contributed by atoms with Crippen molar-refractivity contribution >= 4 is 29.9 Å². The molecule has 0 aliphatic rings. The normalized spacial score (nSPS) is 11.4. The zero-order valence-electron chi connectivity index (χ0n) is 15.0. The van der Waals surface area contributed by atoms with Gasteiger partial charge in [0.05, 0.1) is 6.20 Å². The number of rotatable bonds is 5. The number of carbonyl (C=O) groups excluding carboxylic acids is 2. The molecule has 1 atom stereocenters. The van der Waals surface area contributed by atoms with Gasteiger partial charge in [0.2, 0.25) is 5.91 Å². The first-order valence-corrected chi connectivity index (χ1v) is 7.62. The molecular weight excluding hydrogens is 342 g/mol. The molecule has 0 aliphatic heterocycles. The van der Waals surface area contributed by atoms with E-state index in [4.69, 9.17) is 0 Å². The molecule has 1 heterocycles. The Balaban J connectivity index is 0.00000312. The highest BCUT2D eigenvalue weighted by atomic mass is 35.5. The van der Waals surface area contributed by atoms with Gasteiger partial charge in [0.15, 0.2) is 0 Å². The van der Waals surface area contributed by atoms with Gasteiger partial charge in [-0.05, 0) is 37.7 Å². The summed E-state index contributed by atoms with van der Waals surface area (Å²) in [6.45, 7) is 1.85. The van der Waals surface area contributed by atoms with E-state index in [1.807, 2.05) is 6.92 Å². The maximum atomic E-state index is 12.5. The van der Waals surface area contributed by atoms with Crippen molar-refractivity contribution in [2.75, 3.05) is 26.5 Å². The van der Waals surface area contributed by atoms with Gasteiger partial charge in [-0.1, -0.05) is 0 Å². The number of anilines is 1. The molecule has 0 spiro atoms. The lowest BCUT2D eigenvalue weighted by Crippen LogP contribution is -2.30. The van der Waals surface area contributed by atoms with Crippen molar-refractivity contribution in [3.63, 3.8) is 0 Å². The third-order valence-electron chi connectivity index (χ3n) is 3.74. The number of amides is 2. The molecule has 0 fully saturated rings. The summed E-state index contributed by atoms with van der Waals surface area (Å²) in [6.07, 6.45) is 3.45. The first-order chi connectivity index (χ1) is 11.3. The third-order valence-corrected chi connectivity index (χ3v) is 3.74. The van der Waals surface area contributed by atoms with Crippen LogP contribution in [-0.4, -0.2) is 47.6 Å². The van der Waals surface area contributed by atoms with Crippen LogP contribution in [0.1, 0.15) is 27.5 Å². The number of nitrogens with one attached hydrogen (secondary N) is 2. The molecule has 0 radical (unpaired) electrons. The Labute approximate surface area is 153 Å². The van der Waals surface area contributed by atoms with E-state index in [-0.39, 0.29) is 24.2 Å². The van der Waals surface area contributed by atoms with E-state index in [1.54, 1.807) is 63.5 Å². The van der Waals surface area contributed by atoms with E-state index < -0.39 is 6.04 Å². The number of nitrogens with zero attached hydrogens (tertiary/aromatic N) is 3. The Morgan fingerprint density at radius 2 is 1.96 bits per heavy atom. The van der Waals surface area contributed by atoms with Crippen LogP contribution in [0.3, 0.4) is 0 Å². The first-order valence-electron chi connectivity index (χ1n) is 7.62. The Kier molecular flexibility index (Phi) is 7.14. The van der Waals surface area contributed by atoms with E-state index in [2.05, 4.69) is 15.7 Å². The van der Waals surface area contributed by atoms with Crippen molar-refractivity contribution in [3.05, 3.63) is 47.3 Å². The fourth-order valence-corrected chi connectivity index (χ4v) is 2.48. The summed E-state index contributed by atoms with van der Waals surface area (Å²) in [5.41, 5.74) is 2.87. The predicted molar refractivity (Wildman–Crippen MR) is 100 cm³/mol. The number of likely N-dealkylation sites (N-methyl/N-ethyl adjacent to an activating group) is 1. The van der Waals surface area contributed by atoms with Gasteiger partial charge in [-0.2, -0.15) is 5.10 Å². The van der Waals surface area contributed by atoms with E-state index in [0.29, 0.717) is 11.3 Å². The maximum absolute atomic E-state index is 12.5. The number of halogens is 1. The summed E-state index contributed by atoms with van der Waals surface area (Å²) < 4.78 is 1.65. The lowest BCUT2D eigenvalue weighted by atomic mass is 10.1. The maximum Gasteiger partial charge on any atom is 0.253 e. The lowest BCUT2D eigenvalue weighted by molar-refractivity contribution is -0.118. The summed E-state index contributed by atoms with van der Waals surface area (Å²) in [7, 11) is 6.95. The molecule has 0 bridgehead atoms. The SMILES string of the molecule is CNC(C(=O)Nc1ccc(C(=O)N(C)C)c(C)c1)c1cnn(C)c1.Cl. The van der Waals surface area contributed by atoms with Crippen molar-refractivity contribution in [3.8, 4) is 0 Å². The van der Waals surface area contributed by atoms with Crippen molar-refractivity contribution in [2.24, 2.45) is 7.05 Å². The van der Waals surface area contributed by atoms with Crippen molar-refractivity contribution < 1.29 is 9.59 Å². The molecule has 2 rings (SSSR count). The molecule has 2 amide bonds. The van der Waals surface area contributed by atoms with Crippen LogP contribution in [0.4, 0.5) is 5.69 Å². The quantitative estimate of drug-likeness (QED) is 0.846. The number of benzene rings is 1. The zero-order chi connectivity index (χ0) is 17.9. The highest BCUT2D eigenvalue weighted by Gasteiger charge is 2.20. The van der Waals surface area contributed by atoms with Gasteiger partial charge in [0.25, 0.3) is 5.91 Å². The van der Waals surface area contributed by atoms with Gasteiger partial charge >= 0.3 is 0 Å². The fourth-order valence-electron chi connectivity index (χ4n) is 2.48. The lowest BCUT2D eigenvalue weighted by Gasteiger charge is -2.16. The van der Waals surface area contributed by atoms with Gasteiger partial charge in [0, 0.05) is 44.2 Å². The van der Waals surface area contributed by atoms with Crippen LogP contribution in [0.25, 0.3) is 0 Å². The van der Waals surface area contributed by atoms with Gasteiger partial charge in [0.1, 0.15) is 6.04 Å². The second-order valence-electron chi connectivity index (χ2n) is 5.89. The monoisotopic (exact) mass is 365 g/mol. The van der Waals surface area contributed by atoms with E-state index in [1.165, 1.54) is 4.90 Å². The molecule has 0 saturated carbocycles. The smallest absolute Gasteiger partial charge is 0.253 e. The van der Waals surface area contributed by atoms with Crippen LogP contribution < -0.4 is 10.6 Å². The van der Waals surface area contributed by atoms with Crippen LogP contribution in [0.2, 0.25) is 0 Å². The van der Waals surface area contributed by atoms with Crippen LogP contribution in [0.5, 0.6) is 0 Å². The van der Waals surface area contributed by atoms with E-state index in [9.17, 15) is 9.59 Å². The van der Waals surface area contributed by atoms with Crippen molar-refractivity contribution in [1.29, 1.82) is 0 Å². The molecular formula is C17H24ClN5O2. The third kappa shape index (κ3) is 4.80. The molecule has 7 nitrogen and oxygen atoms in total. The zero-order valence-corrected chi connectivity index (χ0v) is 15.8. The second kappa shape index (κ2) is 8.64. The summed E-state index contributed by atoms with van der Waals surface area (Å²) in [6, 6.07) is 4.76. The first kappa shape index (κ1) is 20.7. The van der Waals surface area contributed by atoms with Crippen molar-refractivity contribution in [2.45, 2.75) is 13.0 Å². The Morgan fingerprint density at radius 3 is 2.44 bits per heavy atom. The molecule has 0 saturated heterocycles.